The van der Waals surface area contributed by atoms with E-state index >= 15 is 0 Å². The monoisotopic (exact) mass is 361 g/mol. The zero-order valence-electron chi connectivity index (χ0n) is 16.3. The summed E-state index contributed by atoms with van der Waals surface area (Å²) in [4.78, 5) is 7.59. The molecule has 2 aliphatic rings. The topological polar surface area (TPSA) is 9.72 Å². The van der Waals surface area contributed by atoms with Crippen molar-refractivity contribution in [2.45, 2.75) is 25.8 Å². The van der Waals surface area contributed by atoms with Crippen LogP contribution < -0.4 is 4.90 Å². The van der Waals surface area contributed by atoms with Gasteiger partial charge in [-0.15, -0.1) is 0 Å². The van der Waals surface area contributed by atoms with E-state index in [4.69, 9.17) is 0 Å². The molecule has 2 aromatic rings. The van der Waals surface area contributed by atoms with Crippen LogP contribution in [-0.4, -0.2) is 49.1 Å². The van der Waals surface area contributed by atoms with Crippen LogP contribution in [0.3, 0.4) is 0 Å². The lowest BCUT2D eigenvalue weighted by Crippen LogP contribution is -2.46. The molecule has 3 heteroatoms. The summed E-state index contributed by atoms with van der Waals surface area (Å²) >= 11 is 0. The predicted octanol–water partition coefficient (Wildman–Crippen LogP) is 4.16. The van der Waals surface area contributed by atoms with Crippen molar-refractivity contribution < 1.29 is 0 Å². The Morgan fingerprint density at radius 1 is 0.741 bits per heavy atom. The lowest BCUT2D eigenvalue weighted by molar-refractivity contribution is 0.126. The van der Waals surface area contributed by atoms with Gasteiger partial charge in [0.15, 0.2) is 0 Å². The Hall–Kier alpha value is -2.10. The first-order valence-electron chi connectivity index (χ1n) is 10.4. The Morgan fingerprint density at radius 2 is 1.52 bits per heavy atom. The van der Waals surface area contributed by atoms with E-state index in [-0.39, 0.29) is 0 Å². The third-order valence-electron chi connectivity index (χ3n) is 5.72. The summed E-state index contributed by atoms with van der Waals surface area (Å²) in [5, 5.41) is 0. The first-order chi connectivity index (χ1) is 13.4. The summed E-state index contributed by atoms with van der Waals surface area (Å²) < 4.78 is 0. The summed E-state index contributed by atoms with van der Waals surface area (Å²) in [5.74, 6) is 0. The van der Waals surface area contributed by atoms with Gasteiger partial charge in [-0.2, -0.15) is 0 Å². The summed E-state index contributed by atoms with van der Waals surface area (Å²) in [7, 11) is 0. The van der Waals surface area contributed by atoms with Crippen molar-refractivity contribution in [2.75, 3.05) is 44.2 Å². The molecule has 27 heavy (non-hydrogen) atoms. The van der Waals surface area contributed by atoms with E-state index in [2.05, 4.69) is 81.6 Å². The van der Waals surface area contributed by atoms with Gasteiger partial charge in [-0.05, 0) is 49.1 Å². The molecule has 0 aliphatic carbocycles. The van der Waals surface area contributed by atoms with Crippen LogP contribution in [0, 0.1) is 0 Å². The SMILES string of the molecule is C1=CN(c2cccc(CN3CCN(CCCc4ccccc4)CC3)c2)CC1. The zero-order valence-corrected chi connectivity index (χ0v) is 16.3. The highest BCUT2D eigenvalue weighted by atomic mass is 15.3. The number of hydrogen-bond donors (Lipinski definition) is 0. The van der Waals surface area contributed by atoms with Crippen molar-refractivity contribution in [3.63, 3.8) is 0 Å². The van der Waals surface area contributed by atoms with Crippen LogP contribution in [0.5, 0.6) is 0 Å². The normalized spacial score (nSPS) is 18.3. The Labute approximate surface area is 163 Å². The Bertz CT molecular complexity index is 732. The number of anilines is 1. The van der Waals surface area contributed by atoms with Crippen LogP contribution in [0.25, 0.3) is 0 Å². The highest BCUT2D eigenvalue weighted by Gasteiger charge is 2.17. The molecule has 0 amide bonds. The molecule has 0 unspecified atom stereocenters. The maximum Gasteiger partial charge on any atom is 0.0409 e. The van der Waals surface area contributed by atoms with Gasteiger partial charge < -0.3 is 9.80 Å². The Morgan fingerprint density at radius 3 is 2.30 bits per heavy atom. The third kappa shape index (κ3) is 5.21. The van der Waals surface area contributed by atoms with Gasteiger partial charge in [-0.25, -0.2) is 0 Å². The predicted molar refractivity (Wildman–Crippen MR) is 114 cm³/mol. The molecular weight excluding hydrogens is 330 g/mol. The molecule has 2 heterocycles. The van der Waals surface area contributed by atoms with E-state index in [9.17, 15) is 0 Å². The molecule has 0 spiro atoms. The van der Waals surface area contributed by atoms with Gasteiger partial charge in [0.2, 0.25) is 0 Å². The summed E-state index contributed by atoms with van der Waals surface area (Å²) in [6.07, 6.45) is 8.09. The maximum absolute atomic E-state index is 2.63. The minimum atomic E-state index is 1.07. The number of aryl methyl sites for hydroxylation is 1. The molecule has 0 atom stereocenters. The Balaban J connectivity index is 1.20. The molecule has 2 aliphatic heterocycles. The number of rotatable bonds is 7. The molecule has 2 aromatic carbocycles. The zero-order chi connectivity index (χ0) is 18.3. The highest BCUT2D eigenvalue weighted by Crippen LogP contribution is 2.21. The fourth-order valence-electron chi connectivity index (χ4n) is 4.12. The highest BCUT2D eigenvalue weighted by molar-refractivity contribution is 5.52. The van der Waals surface area contributed by atoms with Crippen molar-refractivity contribution in [3.8, 4) is 0 Å². The van der Waals surface area contributed by atoms with Crippen molar-refractivity contribution >= 4 is 5.69 Å². The van der Waals surface area contributed by atoms with E-state index in [1.807, 2.05) is 0 Å². The van der Waals surface area contributed by atoms with Crippen molar-refractivity contribution in [3.05, 3.63) is 78.0 Å². The summed E-state index contributed by atoms with van der Waals surface area (Å²) in [5.41, 5.74) is 4.23. The number of benzene rings is 2. The van der Waals surface area contributed by atoms with Crippen molar-refractivity contribution in [1.29, 1.82) is 0 Å². The Kier molecular flexibility index (Phi) is 6.23. The lowest BCUT2D eigenvalue weighted by Gasteiger charge is -2.34. The van der Waals surface area contributed by atoms with Gasteiger partial charge in [0.1, 0.15) is 0 Å². The number of nitrogens with zero attached hydrogens (tertiary/aromatic N) is 3. The van der Waals surface area contributed by atoms with Gasteiger partial charge in [0.25, 0.3) is 0 Å². The molecule has 3 nitrogen and oxygen atoms in total. The fraction of sp³-hybridized carbons (Fsp3) is 0.417. The van der Waals surface area contributed by atoms with Gasteiger partial charge in [-0.3, -0.25) is 4.90 Å². The lowest BCUT2D eigenvalue weighted by atomic mass is 10.1. The molecule has 0 aromatic heterocycles. The minimum Gasteiger partial charge on any atom is -0.348 e. The number of piperazine rings is 1. The summed E-state index contributed by atoms with van der Waals surface area (Å²) in [6.45, 7) is 8.17. The molecule has 142 valence electrons. The van der Waals surface area contributed by atoms with E-state index in [1.54, 1.807) is 0 Å². The third-order valence-corrected chi connectivity index (χ3v) is 5.72. The van der Waals surface area contributed by atoms with Crippen LogP contribution in [0.4, 0.5) is 5.69 Å². The molecule has 1 saturated heterocycles. The maximum atomic E-state index is 2.63. The second-order valence-electron chi connectivity index (χ2n) is 7.74. The second-order valence-corrected chi connectivity index (χ2v) is 7.74. The summed E-state index contributed by atoms with van der Waals surface area (Å²) in [6, 6.07) is 19.9. The van der Waals surface area contributed by atoms with Crippen LogP contribution in [0.1, 0.15) is 24.0 Å². The average Bonchev–Trinajstić information content (AvgIpc) is 3.25. The molecule has 0 radical (unpaired) electrons. The van der Waals surface area contributed by atoms with E-state index < -0.39 is 0 Å². The molecule has 0 N–H and O–H groups in total. The van der Waals surface area contributed by atoms with Crippen molar-refractivity contribution in [2.24, 2.45) is 0 Å². The number of hydrogen-bond acceptors (Lipinski definition) is 3. The smallest absolute Gasteiger partial charge is 0.0409 e. The van der Waals surface area contributed by atoms with Gasteiger partial charge in [0, 0.05) is 51.2 Å². The van der Waals surface area contributed by atoms with Gasteiger partial charge >= 0.3 is 0 Å². The quantitative estimate of drug-likeness (QED) is 0.733. The van der Waals surface area contributed by atoms with E-state index in [1.165, 1.54) is 62.4 Å². The molecule has 0 bridgehead atoms. The standard InChI is InChI=1S/C24H31N3/c1-2-8-22(9-3-1)11-7-13-25-16-18-26(19-17-25)21-23-10-6-12-24(20-23)27-14-4-5-15-27/h1-4,6,8-10,12,14,20H,5,7,11,13,15-19,21H2. The van der Waals surface area contributed by atoms with Crippen LogP contribution >= 0.6 is 0 Å². The van der Waals surface area contributed by atoms with E-state index in [0.717, 1.165) is 19.5 Å². The van der Waals surface area contributed by atoms with Gasteiger partial charge in [-0.1, -0.05) is 48.5 Å². The fourth-order valence-corrected chi connectivity index (χ4v) is 4.12. The first-order valence-corrected chi connectivity index (χ1v) is 10.4. The second kappa shape index (κ2) is 9.20. The van der Waals surface area contributed by atoms with Crippen LogP contribution in [0.15, 0.2) is 66.9 Å². The molecule has 4 rings (SSSR count). The van der Waals surface area contributed by atoms with Crippen LogP contribution in [0.2, 0.25) is 0 Å². The first kappa shape index (κ1) is 18.3. The molecular formula is C24H31N3. The largest absolute Gasteiger partial charge is 0.348 e. The van der Waals surface area contributed by atoms with Crippen molar-refractivity contribution in [1.82, 2.24) is 9.80 Å². The average molecular weight is 362 g/mol. The molecule has 1 fully saturated rings. The van der Waals surface area contributed by atoms with E-state index in [0.29, 0.717) is 0 Å². The molecule has 0 saturated carbocycles. The minimum absolute atomic E-state index is 1.07. The van der Waals surface area contributed by atoms with Crippen LogP contribution in [-0.2, 0) is 13.0 Å². The van der Waals surface area contributed by atoms with Gasteiger partial charge in [0.05, 0.1) is 0 Å².